The van der Waals surface area contributed by atoms with Gasteiger partial charge >= 0.3 is 0 Å². The van der Waals surface area contributed by atoms with E-state index in [0.29, 0.717) is 12.1 Å². The van der Waals surface area contributed by atoms with Crippen LogP contribution in [-0.4, -0.2) is 28.8 Å². The van der Waals surface area contributed by atoms with Crippen LogP contribution in [0.2, 0.25) is 0 Å². The summed E-state index contributed by atoms with van der Waals surface area (Å²) in [5.41, 5.74) is 3.54. The van der Waals surface area contributed by atoms with Gasteiger partial charge in [-0.3, -0.25) is 4.79 Å². The third-order valence-electron chi connectivity index (χ3n) is 4.22. The van der Waals surface area contributed by atoms with Crippen LogP contribution in [0.5, 0.6) is 5.75 Å². The summed E-state index contributed by atoms with van der Waals surface area (Å²) < 4.78 is 7.34. The van der Waals surface area contributed by atoms with Crippen LogP contribution in [0.4, 0.5) is 0 Å². The van der Waals surface area contributed by atoms with Gasteiger partial charge in [0.2, 0.25) is 0 Å². The lowest BCUT2D eigenvalue weighted by Crippen LogP contribution is -2.23. The van der Waals surface area contributed by atoms with Gasteiger partial charge in [-0.1, -0.05) is 0 Å². The predicted molar refractivity (Wildman–Crippen MR) is 105 cm³/mol. The van der Waals surface area contributed by atoms with Crippen molar-refractivity contribution < 1.29 is 9.53 Å². The maximum absolute atomic E-state index is 12.8. The summed E-state index contributed by atoms with van der Waals surface area (Å²) in [5.74, 6) is 1.56. The van der Waals surface area contributed by atoms with Crippen molar-refractivity contribution in [1.82, 2.24) is 14.9 Å². The van der Waals surface area contributed by atoms with E-state index in [9.17, 15) is 4.79 Å². The molecule has 1 N–H and O–H groups in total. The van der Waals surface area contributed by atoms with E-state index in [1.54, 1.807) is 30.2 Å². The summed E-state index contributed by atoms with van der Waals surface area (Å²) in [5, 5.41) is 6.99. The highest BCUT2D eigenvalue weighted by Crippen LogP contribution is 2.28. The fraction of sp³-hybridized carbons (Fsp3) is 0.333. The van der Waals surface area contributed by atoms with E-state index >= 15 is 0 Å². The van der Waals surface area contributed by atoms with Gasteiger partial charge in [0.1, 0.15) is 10.8 Å². The van der Waals surface area contributed by atoms with Crippen molar-refractivity contribution in [2.75, 3.05) is 13.4 Å². The zero-order valence-electron chi connectivity index (χ0n) is 14.8. The summed E-state index contributed by atoms with van der Waals surface area (Å²) in [7, 11) is 3.60. The SMILES string of the molecule is COc1ccc2c(c1)c(C(=O)NCc1csc(CSC)n1)c(C)n2C. The number of thiazole rings is 1. The van der Waals surface area contributed by atoms with E-state index in [-0.39, 0.29) is 5.91 Å². The van der Waals surface area contributed by atoms with E-state index in [0.717, 1.165) is 38.8 Å². The van der Waals surface area contributed by atoms with Gasteiger partial charge < -0.3 is 14.6 Å². The van der Waals surface area contributed by atoms with Crippen molar-refractivity contribution in [2.24, 2.45) is 7.05 Å². The molecule has 0 aliphatic carbocycles. The van der Waals surface area contributed by atoms with Crippen LogP contribution in [0, 0.1) is 6.92 Å². The van der Waals surface area contributed by atoms with Gasteiger partial charge in [-0.05, 0) is 31.4 Å². The van der Waals surface area contributed by atoms with Crippen molar-refractivity contribution in [2.45, 2.75) is 19.2 Å². The molecule has 0 atom stereocenters. The Kier molecular flexibility index (Phi) is 5.34. The quantitative estimate of drug-likeness (QED) is 0.713. The normalized spacial score (nSPS) is 11.0. The Morgan fingerprint density at radius 3 is 2.96 bits per heavy atom. The number of fused-ring (bicyclic) bond motifs is 1. The number of benzene rings is 1. The van der Waals surface area contributed by atoms with E-state index in [4.69, 9.17) is 4.74 Å². The summed E-state index contributed by atoms with van der Waals surface area (Å²) in [6.07, 6.45) is 2.06. The number of carbonyl (C=O) groups is 1. The predicted octanol–water partition coefficient (Wildman–Crippen LogP) is 3.74. The Hall–Kier alpha value is -1.99. The van der Waals surface area contributed by atoms with Gasteiger partial charge in [0.15, 0.2) is 0 Å². The van der Waals surface area contributed by atoms with Gasteiger partial charge in [-0.2, -0.15) is 11.8 Å². The molecule has 3 rings (SSSR count). The smallest absolute Gasteiger partial charge is 0.254 e. The lowest BCUT2D eigenvalue weighted by molar-refractivity contribution is 0.0951. The average Bonchev–Trinajstić information content (AvgIpc) is 3.16. The van der Waals surface area contributed by atoms with Crippen LogP contribution < -0.4 is 10.1 Å². The van der Waals surface area contributed by atoms with Gasteiger partial charge in [-0.25, -0.2) is 4.98 Å². The third-order valence-corrected chi connectivity index (χ3v) is 5.87. The highest BCUT2D eigenvalue weighted by molar-refractivity contribution is 7.97. The lowest BCUT2D eigenvalue weighted by atomic mass is 10.1. The van der Waals surface area contributed by atoms with Crippen LogP contribution in [0.3, 0.4) is 0 Å². The number of carbonyl (C=O) groups excluding carboxylic acids is 1. The second-order valence-corrected chi connectivity index (χ2v) is 7.56. The zero-order valence-corrected chi connectivity index (χ0v) is 16.4. The number of hydrogen-bond donors (Lipinski definition) is 1. The summed E-state index contributed by atoms with van der Waals surface area (Å²) in [4.78, 5) is 17.3. The molecule has 2 aromatic heterocycles. The van der Waals surface area contributed by atoms with Crippen molar-refractivity contribution in [3.8, 4) is 5.75 Å². The number of ether oxygens (including phenoxy) is 1. The standard InChI is InChI=1S/C18H21N3O2S2/c1-11-17(14-7-13(23-3)5-6-15(14)21(11)2)18(22)19-8-12-9-25-16(20-12)10-24-4/h5-7,9H,8,10H2,1-4H3,(H,19,22). The first kappa shape index (κ1) is 17.8. The number of nitrogens with zero attached hydrogens (tertiary/aromatic N) is 2. The molecule has 0 bridgehead atoms. The minimum Gasteiger partial charge on any atom is -0.497 e. The zero-order chi connectivity index (χ0) is 18.0. The molecule has 5 nitrogen and oxygen atoms in total. The Morgan fingerprint density at radius 2 is 2.24 bits per heavy atom. The van der Waals surface area contributed by atoms with Crippen LogP contribution in [0.15, 0.2) is 23.6 Å². The Bertz CT molecular complexity index is 915. The monoisotopic (exact) mass is 375 g/mol. The fourth-order valence-electron chi connectivity index (χ4n) is 2.84. The molecule has 1 aromatic carbocycles. The van der Waals surface area contributed by atoms with E-state index in [2.05, 4.69) is 16.6 Å². The van der Waals surface area contributed by atoms with Gasteiger partial charge in [0.25, 0.3) is 5.91 Å². The first-order chi connectivity index (χ1) is 12.0. The molecule has 0 unspecified atom stereocenters. The topological polar surface area (TPSA) is 56.1 Å². The fourth-order valence-corrected chi connectivity index (χ4v) is 4.36. The number of aryl methyl sites for hydroxylation is 1. The minimum absolute atomic E-state index is 0.0873. The minimum atomic E-state index is -0.0873. The van der Waals surface area contributed by atoms with E-state index in [1.807, 2.05) is 42.1 Å². The molecule has 0 aliphatic rings. The maximum atomic E-state index is 12.8. The van der Waals surface area contributed by atoms with E-state index < -0.39 is 0 Å². The number of thioether (sulfide) groups is 1. The molecule has 0 saturated carbocycles. The molecular formula is C18H21N3O2S2. The number of amides is 1. The van der Waals surface area contributed by atoms with Crippen molar-refractivity contribution in [3.63, 3.8) is 0 Å². The third kappa shape index (κ3) is 3.52. The summed E-state index contributed by atoms with van der Waals surface area (Å²) >= 11 is 3.38. The Balaban J connectivity index is 1.84. The molecule has 2 heterocycles. The van der Waals surface area contributed by atoms with Crippen molar-refractivity contribution in [3.05, 3.63) is 45.5 Å². The number of rotatable bonds is 6. The van der Waals surface area contributed by atoms with Crippen molar-refractivity contribution in [1.29, 1.82) is 0 Å². The average molecular weight is 376 g/mol. The molecule has 7 heteroatoms. The number of nitrogens with one attached hydrogen (secondary N) is 1. The highest BCUT2D eigenvalue weighted by atomic mass is 32.2. The van der Waals surface area contributed by atoms with Gasteiger partial charge in [0, 0.05) is 34.8 Å². The molecule has 0 spiro atoms. The molecular weight excluding hydrogens is 354 g/mol. The van der Waals surface area contributed by atoms with Gasteiger partial charge in [0.05, 0.1) is 24.9 Å². The van der Waals surface area contributed by atoms with Crippen LogP contribution >= 0.6 is 23.1 Å². The Morgan fingerprint density at radius 1 is 1.44 bits per heavy atom. The number of aromatic nitrogens is 2. The first-order valence-corrected chi connectivity index (χ1v) is 10.2. The summed E-state index contributed by atoms with van der Waals surface area (Å²) in [6.45, 7) is 2.39. The number of methoxy groups -OCH3 is 1. The molecule has 25 heavy (non-hydrogen) atoms. The Labute approximate surface area is 155 Å². The molecule has 0 radical (unpaired) electrons. The molecule has 132 valence electrons. The highest BCUT2D eigenvalue weighted by Gasteiger charge is 2.19. The van der Waals surface area contributed by atoms with Crippen molar-refractivity contribution >= 4 is 39.9 Å². The molecule has 1 amide bonds. The molecule has 0 saturated heterocycles. The first-order valence-electron chi connectivity index (χ1n) is 7.88. The molecule has 0 aliphatic heterocycles. The lowest BCUT2D eigenvalue weighted by Gasteiger charge is -2.05. The van der Waals surface area contributed by atoms with E-state index in [1.165, 1.54) is 0 Å². The largest absolute Gasteiger partial charge is 0.497 e. The second kappa shape index (κ2) is 7.49. The summed E-state index contributed by atoms with van der Waals surface area (Å²) in [6, 6.07) is 5.80. The second-order valence-electron chi connectivity index (χ2n) is 5.75. The van der Waals surface area contributed by atoms with Crippen LogP contribution in [0.25, 0.3) is 10.9 Å². The van der Waals surface area contributed by atoms with Crippen LogP contribution in [-0.2, 0) is 19.3 Å². The number of hydrogen-bond acceptors (Lipinski definition) is 5. The maximum Gasteiger partial charge on any atom is 0.254 e. The van der Waals surface area contributed by atoms with Gasteiger partial charge in [-0.15, -0.1) is 11.3 Å². The molecule has 3 aromatic rings. The molecule has 0 fully saturated rings. The van der Waals surface area contributed by atoms with Crippen LogP contribution in [0.1, 0.15) is 26.8 Å².